The molecule has 0 aliphatic heterocycles. The summed E-state index contributed by atoms with van der Waals surface area (Å²) in [4.78, 5) is 4.29. The number of hydrogen-bond donors (Lipinski definition) is 2. The van der Waals surface area contributed by atoms with Crippen LogP contribution in [0.4, 0.5) is 0 Å². The summed E-state index contributed by atoms with van der Waals surface area (Å²) in [5.41, 5.74) is 2.38. The molecule has 5 nitrogen and oxygen atoms in total. The minimum absolute atomic E-state index is 0. The van der Waals surface area contributed by atoms with Crippen LogP contribution >= 0.6 is 24.0 Å². The topological polar surface area (TPSA) is 50.6 Å². The molecule has 0 radical (unpaired) electrons. The number of rotatable bonds is 7. The van der Waals surface area contributed by atoms with E-state index >= 15 is 0 Å². The lowest BCUT2D eigenvalue weighted by atomic mass is 10.2. The van der Waals surface area contributed by atoms with Crippen molar-refractivity contribution >= 4 is 29.9 Å². The summed E-state index contributed by atoms with van der Waals surface area (Å²) in [6, 6.07) is 10.3. The molecule has 0 unspecified atom stereocenters. The molecule has 25 heavy (non-hydrogen) atoms. The van der Waals surface area contributed by atoms with Gasteiger partial charge in [-0.1, -0.05) is 18.2 Å². The van der Waals surface area contributed by atoms with Gasteiger partial charge in [0.25, 0.3) is 0 Å². The van der Waals surface area contributed by atoms with E-state index in [2.05, 4.69) is 34.0 Å². The van der Waals surface area contributed by atoms with Crippen molar-refractivity contribution in [3.05, 3.63) is 53.9 Å². The summed E-state index contributed by atoms with van der Waals surface area (Å²) < 4.78 is 8.00. The van der Waals surface area contributed by atoms with E-state index in [0.29, 0.717) is 6.54 Å². The first kappa shape index (κ1) is 19.6. The second-order valence-electron chi connectivity index (χ2n) is 6.33. The molecule has 136 valence electrons. The van der Waals surface area contributed by atoms with Crippen molar-refractivity contribution in [3.8, 4) is 5.75 Å². The lowest BCUT2D eigenvalue weighted by molar-refractivity contribution is 0.296. The van der Waals surface area contributed by atoms with E-state index < -0.39 is 0 Å². The van der Waals surface area contributed by atoms with Gasteiger partial charge in [-0.15, -0.1) is 24.0 Å². The number of para-hydroxylation sites is 1. The summed E-state index contributed by atoms with van der Waals surface area (Å²) in [7, 11) is 3.81. The van der Waals surface area contributed by atoms with E-state index in [1.807, 2.05) is 36.0 Å². The molecule has 6 heteroatoms. The number of benzene rings is 1. The Hall–Kier alpha value is -1.70. The Bertz CT molecular complexity index is 694. The highest BCUT2D eigenvalue weighted by Crippen LogP contribution is 2.30. The predicted octanol–water partition coefficient (Wildman–Crippen LogP) is 3.30. The molecular weight excluding hydrogens is 427 g/mol. The molecule has 2 N–H and O–H groups in total. The van der Waals surface area contributed by atoms with Crippen LogP contribution in [0, 0.1) is 5.92 Å². The zero-order valence-corrected chi connectivity index (χ0v) is 17.2. The van der Waals surface area contributed by atoms with Crippen molar-refractivity contribution in [2.45, 2.75) is 25.9 Å². The van der Waals surface area contributed by atoms with E-state index in [0.717, 1.165) is 36.3 Å². The number of nitrogens with zero attached hydrogens (tertiary/aromatic N) is 2. The van der Waals surface area contributed by atoms with Gasteiger partial charge in [0.1, 0.15) is 5.75 Å². The second-order valence-corrected chi connectivity index (χ2v) is 6.33. The largest absolute Gasteiger partial charge is 0.493 e. The molecule has 1 saturated carbocycles. The van der Waals surface area contributed by atoms with Gasteiger partial charge in [0, 0.05) is 45.1 Å². The van der Waals surface area contributed by atoms with Crippen LogP contribution < -0.4 is 15.4 Å². The van der Waals surface area contributed by atoms with E-state index in [1.165, 1.54) is 18.4 Å². The van der Waals surface area contributed by atoms with E-state index in [9.17, 15) is 0 Å². The van der Waals surface area contributed by atoms with E-state index in [4.69, 9.17) is 4.74 Å². The SMILES string of the molecule is CN=C(NCc1ccn(C)c1)NCc1ccccc1OCC1CC1.I. The van der Waals surface area contributed by atoms with Gasteiger partial charge in [-0.3, -0.25) is 4.99 Å². The summed E-state index contributed by atoms with van der Waals surface area (Å²) in [6.07, 6.45) is 6.74. The molecule has 0 saturated heterocycles. The van der Waals surface area contributed by atoms with Crippen LogP contribution in [-0.4, -0.2) is 24.2 Å². The summed E-state index contributed by atoms with van der Waals surface area (Å²) in [6.45, 7) is 2.27. The number of aryl methyl sites for hydroxylation is 1. The molecule has 1 heterocycles. The van der Waals surface area contributed by atoms with Gasteiger partial charge in [0.15, 0.2) is 5.96 Å². The van der Waals surface area contributed by atoms with Gasteiger partial charge in [0.05, 0.1) is 6.61 Å². The van der Waals surface area contributed by atoms with E-state index in [-0.39, 0.29) is 24.0 Å². The second kappa shape index (κ2) is 9.70. The Labute approximate surface area is 166 Å². The Morgan fingerprint density at radius 3 is 2.64 bits per heavy atom. The van der Waals surface area contributed by atoms with Crippen LogP contribution in [0.2, 0.25) is 0 Å². The highest BCUT2D eigenvalue weighted by atomic mass is 127. The van der Waals surface area contributed by atoms with Gasteiger partial charge in [-0.05, 0) is 36.5 Å². The average Bonchev–Trinajstić information content (AvgIpc) is 3.34. The molecule has 0 spiro atoms. The van der Waals surface area contributed by atoms with Crippen LogP contribution in [-0.2, 0) is 20.1 Å². The van der Waals surface area contributed by atoms with Crippen LogP contribution in [0.3, 0.4) is 0 Å². The zero-order valence-electron chi connectivity index (χ0n) is 14.9. The zero-order chi connectivity index (χ0) is 16.8. The molecule has 0 amide bonds. The molecule has 1 fully saturated rings. The number of aromatic nitrogens is 1. The first-order valence-electron chi connectivity index (χ1n) is 8.50. The average molecular weight is 454 g/mol. The van der Waals surface area contributed by atoms with Crippen LogP contribution in [0.25, 0.3) is 0 Å². The lowest BCUT2D eigenvalue weighted by Crippen LogP contribution is -2.36. The Kier molecular flexibility index (Phi) is 7.61. The highest BCUT2D eigenvalue weighted by molar-refractivity contribution is 14.0. The summed E-state index contributed by atoms with van der Waals surface area (Å²) >= 11 is 0. The fourth-order valence-electron chi connectivity index (χ4n) is 2.53. The third kappa shape index (κ3) is 6.26. The normalized spacial score (nSPS) is 13.9. The van der Waals surface area contributed by atoms with Gasteiger partial charge in [0.2, 0.25) is 0 Å². The molecule has 3 rings (SSSR count). The summed E-state index contributed by atoms with van der Waals surface area (Å²) in [5.74, 6) is 2.51. The molecule has 0 bridgehead atoms. The first-order chi connectivity index (χ1) is 11.7. The Balaban J connectivity index is 0.00000225. The first-order valence-corrected chi connectivity index (χ1v) is 8.50. The quantitative estimate of drug-likeness (QED) is 0.384. The number of hydrogen-bond acceptors (Lipinski definition) is 2. The highest BCUT2D eigenvalue weighted by Gasteiger charge is 2.22. The van der Waals surface area contributed by atoms with Crippen molar-refractivity contribution in [3.63, 3.8) is 0 Å². The smallest absolute Gasteiger partial charge is 0.191 e. The van der Waals surface area contributed by atoms with Crippen LogP contribution in [0.5, 0.6) is 5.75 Å². The Morgan fingerprint density at radius 1 is 1.20 bits per heavy atom. The molecule has 1 aromatic heterocycles. The maximum atomic E-state index is 5.96. The molecule has 0 atom stereocenters. The maximum absolute atomic E-state index is 5.96. The maximum Gasteiger partial charge on any atom is 0.191 e. The molecule has 1 aromatic carbocycles. The van der Waals surface area contributed by atoms with Gasteiger partial charge in [-0.2, -0.15) is 0 Å². The minimum Gasteiger partial charge on any atom is -0.493 e. The number of ether oxygens (including phenoxy) is 1. The van der Waals surface area contributed by atoms with Crippen LogP contribution in [0.15, 0.2) is 47.7 Å². The number of nitrogens with one attached hydrogen (secondary N) is 2. The fraction of sp³-hybridized carbons (Fsp3) is 0.421. The monoisotopic (exact) mass is 454 g/mol. The van der Waals surface area contributed by atoms with Crippen molar-refractivity contribution in [1.29, 1.82) is 0 Å². The third-order valence-corrected chi connectivity index (χ3v) is 4.17. The Morgan fingerprint density at radius 2 is 1.96 bits per heavy atom. The van der Waals surface area contributed by atoms with Gasteiger partial charge >= 0.3 is 0 Å². The summed E-state index contributed by atoms with van der Waals surface area (Å²) in [5, 5.41) is 6.69. The van der Waals surface area contributed by atoms with Crippen molar-refractivity contribution < 1.29 is 4.74 Å². The van der Waals surface area contributed by atoms with Crippen LogP contribution in [0.1, 0.15) is 24.0 Å². The van der Waals surface area contributed by atoms with Crippen molar-refractivity contribution in [2.75, 3.05) is 13.7 Å². The van der Waals surface area contributed by atoms with Crippen molar-refractivity contribution in [1.82, 2.24) is 15.2 Å². The standard InChI is InChI=1S/C19H26N4O.HI/c1-20-19(21-11-16-9-10-23(2)13-16)22-12-17-5-3-4-6-18(17)24-14-15-7-8-15;/h3-6,9-10,13,15H,7-8,11-12,14H2,1-2H3,(H2,20,21,22);1H. The number of guanidine groups is 1. The van der Waals surface area contributed by atoms with E-state index in [1.54, 1.807) is 7.05 Å². The van der Waals surface area contributed by atoms with Gasteiger partial charge < -0.3 is 19.9 Å². The molecule has 1 aliphatic rings. The van der Waals surface area contributed by atoms with Gasteiger partial charge in [-0.25, -0.2) is 0 Å². The minimum atomic E-state index is 0. The molecule has 2 aromatic rings. The third-order valence-electron chi connectivity index (χ3n) is 4.17. The number of halogens is 1. The lowest BCUT2D eigenvalue weighted by Gasteiger charge is -2.14. The van der Waals surface area contributed by atoms with Crippen molar-refractivity contribution in [2.24, 2.45) is 18.0 Å². The molecule has 1 aliphatic carbocycles. The fourth-order valence-corrected chi connectivity index (χ4v) is 2.53. The molecular formula is C19H27IN4O. The number of aliphatic imine (C=N–C) groups is 1. The predicted molar refractivity (Wildman–Crippen MR) is 113 cm³/mol.